The van der Waals surface area contributed by atoms with Crippen LogP contribution in [0.1, 0.15) is 20.3 Å². The van der Waals surface area contributed by atoms with Crippen molar-refractivity contribution in [1.29, 1.82) is 0 Å². The van der Waals surface area contributed by atoms with Crippen molar-refractivity contribution in [1.82, 2.24) is 19.9 Å². The molecule has 0 unspecified atom stereocenters. The topological polar surface area (TPSA) is 76.9 Å². The maximum absolute atomic E-state index is 12.6. The summed E-state index contributed by atoms with van der Waals surface area (Å²) in [5.41, 5.74) is 0.223. The van der Waals surface area contributed by atoms with Gasteiger partial charge in [-0.3, -0.25) is 14.2 Å². The summed E-state index contributed by atoms with van der Waals surface area (Å²) >= 11 is 1.23. The van der Waals surface area contributed by atoms with Crippen LogP contribution in [0.15, 0.2) is 40.9 Å². The number of aromatic nitrogens is 3. The quantitative estimate of drug-likeness (QED) is 0.451. The first kappa shape index (κ1) is 18.2. The summed E-state index contributed by atoms with van der Waals surface area (Å²) in [5, 5.41) is 3.82. The van der Waals surface area contributed by atoms with Crippen LogP contribution in [0.5, 0.6) is 0 Å². The van der Waals surface area contributed by atoms with E-state index in [4.69, 9.17) is 0 Å². The fraction of sp³-hybridized carbons (Fsp3) is 0.412. The molecular weight excluding hydrogens is 324 g/mol. The molecule has 0 atom stereocenters. The number of nitrogens with zero attached hydrogens (tertiary/aromatic N) is 3. The van der Waals surface area contributed by atoms with Gasteiger partial charge >= 0.3 is 0 Å². The minimum absolute atomic E-state index is 0.0684. The van der Waals surface area contributed by atoms with Gasteiger partial charge in [-0.25, -0.2) is 9.97 Å². The SMILES string of the molecule is C=CCn1c(SCC(=O)NCCC(C)C)nc2ncccc2c1=O. The average molecular weight is 346 g/mol. The molecule has 0 fully saturated rings. The largest absolute Gasteiger partial charge is 0.355 e. The Morgan fingerprint density at radius 1 is 1.50 bits per heavy atom. The lowest BCUT2D eigenvalue weighted by Crippen LogP contribution is -2.28. The van der Waals surface area contributed by atoms with E-state index in [9.17, 15) is 9.59 Å². The zero-order chi connectivity index (χ0) is 17.5. The fourth-order valence-electron chi connectivity index (χ4n) is 2.12. The van der Waals surface area contributed by atoms with Gasteiger partial charge in [-0.15, -0.1) is 6.58 Å². The smallest absolute Gasteiger partial charge is 0.263 e. The third-order valence-corrected chi connectivity index (χ3v) is 4.36. The molecule has 0 spiro atoms. The molecule has 24 heavy (non-hydrogen) atoms. The van der Waals surface area contributed by atoms with Crippen LogP contribution in [-0.2, 0) is 11.3 Å². The molecule has 0 aliphatic heterocycles. The molecule has 1 N–H and O–H groups in total. The van der Waals surface area contributed by atoms with Gasteiger partial charge < -0.3 is 5.32 Å². The van der Waals surface area contributed by atoms with Gasteiger partial charge in [0.1, 0.15) is 0 Å². The normalized spacial score (nSPS) is 11.0. The highest BCUT2D eigenvalue weighted by Gasteiger charge is 2.13. The summed E-state index contributed by atoms with van der Waals surface area (Å²) < 4.78 is 1.52. The molecule has 6 nitrogen and oxygen atoms in total. The van der Waals surface area contributed by atoms with Crippen LogP contribution < -0.4 is 10.9 Å². The first-order valence-corrected chi connectivity index (χ1v) is 8.87. The Balaban J connectivity index is 2.15. The Labute approximate surface area is 145 Å². The lowest BCUT2D eigenvalue weighted by Gasteiger charge is -2.11. The summed E-state index contributed by atoms with van der Waals surface area (Å²) in [7, 11) is 0. The Morgan fingerprint density at radius 3 is 3.00 bits per heavy atom. The van der Waals surface area contributed by atoms with Gasteiger partial charge in [-0.1, -0.05) is 31.7 Å². The van der Waals surface area contributed by atoms with E-state index in [2.05, 4.69) is 35.7 Å². The maximum Gasteiger partial charge on any atom is 0.263 e. The number of thioether (sulfide) groups is 1. The molecule has 0 aliphatic rings. The predicted molar refractivity (Wildman–Crippen MR) is 97.2 cm³/mol. The highest BCUT2D eigenvalue weighted by molar-refractivity contribution is 7.99. The molecule has 1 amide bonds. The molecule has 0 saturated carbocycles. The number of nitrogens with one attached hydrogen (secondary N) is 1. The summed E-state index contributed by atoms with van der Waals surface area (Å²) in [5.74, 6) is 0.685. The average Bonchev–Trinajstić information content (AvgIpc) is 2.55. The minimum Gasteiger partial charge on any atom is -0.355 e. The van der Waals surface area contributed by atoms with E-state index >= 15 is 0 Å². The Kier molecular flexibility index (Phi) is 6.54. The molecule has 128 valence electrons. The Hall–Kier alpha value is -2.15. The minimum atomic E-state index is -0.171. The molecule has 2 aromatic heterocycles. The number of rotatable bonds is 8. The second-order valence-electron chi connectivity index (χ2n) is 5.79. The van der Waals surface area contributed by atoms with Crippen molar-refractivity contribution in [3.05, 3.63) is 41.3 Å². The summed E-state index contributed by atoms with van der Waals surface area (Å²) in [6.45, 7) is 8.90. The number of hydrogen-bond donors (Lipinski definition) is 1. The molecule has 0 saturated heterocycles. The van der Waals surface area contributed by atoms with Crippen molar-refractivity contribution >= 4 is 28.7 Å². The standard InChI is InChI=1S/C17H22N4O2S/c1-4-10-21-16(23)13-6-5-8-19-15(13)20-17(21)24-11-14(22)18-9-7-12(2)3/h4-6,8,12H,1,7,9-11H2,2-3H3,(H,18,22). The summed E-state index contributed by atoms with van der Waals surface area (Å²) in [4.78, 5) is 33.0. The highest BCUT2D eigenvalue weighted by Crippen LogP contribution is 2.16. The number of fused-ring (bicyclic) bond motifs is 1. The number of amides is 1. The fourth-order valence-corrected chi connectivity index (χ4v) is 2.94. The van der Waals surface area contributed by atoms with Crippen molar-refractivity contribution in [2.75, 3.05) is 12.3 Å². The molecule has 2 heterocycles. The second kappa shape index (κ2) is 8.63. The van der Waals surface area contributed by atoms with Gasteiger partial charge in [0, 0.05) is 19.3 Å². The first-order chi connectivity index (χ1) is 11.5. The number of carbonyl (C=O) groups excluding carboxylic acids is 1. The van der Waals surface area contributed by atoms with Crippen molar-refractivity contribution in [3.63, 3.8) is 0 Å². The van der Waals surface area contributed by atoms with Gasteiger partial charge in [-0.2, -0.15) is 0 Å². The monoisotopic (exact) mass is 346 g/mol. The van der Waals surface area contributed by atoms with Crippen LogP contribution in [-0.4, -0.2) is 32.7 Å². The van der Waals surface area contributed by atoms with Crippen LogP contribution in [0.25, 0.3) is 11.0 Å². The van der Waals surface area contributed by atoms with E-state index < -0.39 is 0 Å². The summed E-state index contributed by atoms with van der Waals surface area (Å²) in [6, 6.07) is 3.41. The predicted octanol–water partition coefficient (Wildman–Crippen LogP) is 2.23. The molecule has 0 bridgehead atoms. The van der Waals surface area contributed by atoms with Crippen molar-refractivity contribution < 1.29 is 4.79 Å². The highest BCUT2D eigenvalue weighted by atomic mass is 32.2. The molecule has 2 aromatic rings. The van der Waals surface area contributed by atoms with Gasteiger partial charge in [0.05, 0.1) is 11.1 Å². The number of hydrogen-bond acceptors (Lipinski definition) is 5. The summed E-state index contributed by atoms with van der Waals surface area (Å²) in [6.07, 6.45) is 4.17. The third kappa shape index (κ3) is 4.67. The van der Waals surface area contributed by atoms with E-state index in [0.717, 1.165) is 6.42 Å². The number of pyridine rings is 1. The molecular formula is C17H22N4O2S. The molecule has 2 rings (SSSR count). The van der Waals surface area contributed by atoms with Crippen LogP contribution in [0.3, 0.4) is 0 Å². The number of carbonyl (C=O) groups is 1. The Bertz CT molecular complexity index is 786. The zero-order valence-corrected chi connectivity index (χ0v) is 14.8. The molecule has 0 aromatic carbocycles. The van der Waals surface area contributed by atoms with E-state index in [1.54, 1.807) is 24.4 Å². The van der Waals surface area contributed by atoms with E-state index in [0.29, 0.717) is 35.2 Å². The van der Waals surface area contributed by atoms with Crippen molar-refractivity contribution in [2.24, 2.45) is 5.92 Å². The van der Waals surface area contributed by atoms with Gasteiger partial charge in [0.25, 0.3) is 5.56 Å². The van der Waals surface area contributed by atoms with Crippen LogP contribution in [0.2, 0.25) is 0 Å². The van der Waals surface area contributed by atoms with Crippen LogP contribution in [0, 0.1) is 5.92 Å². The molecule has 7 heteroatoms. The van der Waals surface area contributed by atoms with Gasteiger partial charge in [0.2, 0.25) is 5.91 Å². The van der Waals surface area contributed by atoms with Gasteiger partial charge in [-0.05, 0) is 24.5 Å². The lowest BCUT2D eigenvalue weighted by molar-refractivity contribution is -0.118. The van der Waals surface area contributed by atoms with E-state index in [-0.39, 0.29) is 17.2 Å². The first-order valence-electron chi connectivity index (χ1n) is 7.89. The van der Waals surface area contributed by atoms with Crippen molar-refractivity contribution in [3.8, 4) is 0 Å². The Morgan fingerprint density at radius 2 is 2.29 bits per heavy atom. The van der Waals surface area contributed by atoms with Crippen LogP contribution in [0.4, 0.5) is 0 Å². The molecule has 0 aliphatic carbocycles. The maximum atomic E-state index is 12.6. The van der Waals surface area contributed by atoms with Crippen molar-refractivity contribution in [2.45, 2.75) is 32.0 Å². The zero-order valence-electron chi connectivity index (χ0n) is 14.0. The second-order valence-corrected chi connectivity index (χ2v) is 6.74. The third-order valence-electron chi connectivity index (χ3n) is 3.38. The van der Waals surface area contributed by atoms with E-state index in [1.807, 2.05) is 0 Å². The van der Waals surface area contributed by atoms with Gasteiger partial charge in [0.15, 0.2) is 10.8 Å². The number of allylic oxidation sites excluding steroid dienone is 1. The van der Waals surface area contributed by atoms with E-state index in [1.165, 1.54) is 16.3 Å². The molecule has 0 radical (unpaired) electrons. The lowest BCUT2D eigenvalue weighted by atomic mass is 10.1. The van der Waals surface area contributed by atoms with Crippen LogP contribution >= 0.6 is 11.8 Å².